The smallest absolute Gasteiger partial charge is 0.267 e. The summed E-state index contributed by atoms with van der Waals surface area (Å²) < 4.78 is 0.920. The van der Waals surface area contributed by atoms with Crippen molar-refractivity contribution >= 4 is 38.9 Å². The molecule has 0 saturated carbocycles. The van der Waals surface area contributed by atoms with Crippen LogP contribution in [0, 0.1) is 11.3 Å². The summed E-state index contributed by atoms with van der Waals surface area (Å²) in [5.74, 6) is -0.452. The van der Waals surface area contributed by atoms with Crippen molar-refractivity contribution in [2.24, 2.45) is 0 Å². The quantitative estimate of drug-likeness (QED) is 0.549. The second-order valence-electron chi connectivity index (χ2n) is 6.61. The van der Waals surface area contributed by atoms with Crippen LogP contribution in [0.4, 0.5) is 17.1 Å². The van der Waals surface area contributed by atoms with E-state index in [1.165, 1.54) is 11.9 Å². The van der Waals surface area contributed by atoms with Crippen molar-refractivity contribution < 1.29 is 4.79 Å². The minimum atomic E-state index is -0.452. The fourth-order valence-electron chi connectivity index (χ4n) is 2.87. The van der Waals surface area contributed by atoms with Gasteiger partial charge in [-0.1, -0.05) is 15.9 Å². The molecule has 2 aromatic rings. The van der Waals surface area contributed by atoms with Gasteiger partial charge in [0.1, 0.15) is 11.6 Å². The number of nitrogens with zero attached hydrogens (tertiary/aromatic N) is 3. The standard InChI is InChI=1S/C21H22BrN5O/c1-26-10-12-27(13-11-26)20-8-6-18(7-9-20)24-15-16(14-23)21(28)25-19-4-2-17(22)3-5-19/h2-9,15,24H,10-13H2,1H3,(H,25,28)/b16-15-. The largest absolute Gasteiger partial charge is 0.369 e. The van der Waals surface area contributed by atoms with Crippen molar-refractivity contribution in [1.29, 1.82) is 5.26 Å². The zero-order valence-electron chi connectivity index (χ0n) is 15.7. The van der Waals surface area contributed by atoms with E-state index < -0.39 is 5.91 Å². The highest BCUT2D eigenvalue weighted by Crippen LogP contribution is 2.20. The lowest BCUT2D eigenvalue weighted by atomic mass is 10.2. The fraction of sp³-hybridized carbons (Fsp3) is 0.238. The van der Waals surface area contributed by atoms with Crippen LogP contribution in [-0.2, 0) is 4.79 Å². The summed E-state index contributed by atoms with van der Waals surface area (Å²) in [7, 11) is 2.14. The molecule has 144 valence electrons. The molecule has 0 spiro atoms. The Hall–Kier alpha value is -2.82. The number of hydrogen-bond donors (Lipinski definition) is 2. The van der Waals surface area contributed by atoms with Crippen LogP contribution in [0.2, 0.25) is 0 Å². The van der Waals surface area contributed by atoms with Crippen molar-refractivity contribution in [3.8, 4) is 6.07 Å². The topological polar surface area (TPSA) is 71.4 Å². The summed E-state index contributed by atoms with van der Waals surface area (Å²) >= 11 is 3.35. The first-order chi connectivity index (χ1) is 13.5. The van der Waals surface area contributed by atoms with Crippen LogP contribution >= 0.6 is 15.9 Å². The second-order valence-corrected chi connectivity index (χ2v) is 7.53. The maximum absolute atomic E-state index is 12.3. The molecule has 0 radical (unpaired) electrons. The van der Waals surface area contributed by atoms with Crippen molar-refractivity contribution in [2.75, 3.05) is 48.8 Å². The number of nitriles is 1. The highest BCUT2D eigenvalue weighted by molar-refractivity contribution is 9.10. The summed E-state index contributed by atoms with van der Waals surface area (Å²) in [5.41, 5.74) is 2.63. The maximum atomic E-state index is 12.3. The van der Waals surface area contributed by atoms with Crippen molar-refractivity contribution in [1.82, 2.24) is 4.90 Å². The fourth-order valence-corrected chi connectivity index (χ4v) is 3.13. The third kappa shape index (κ3) is 5.35. The molecule has 0 aromatic heterocycles. The van der Waals surface area contributed by atoms with Gasteiger partial charge in [0, 0.05) is 53.9 Å². The highest BCUT2D eigenvalue weighted by atomic mass is 79.9. The van der Waals surface area contributed by atoms with E-state index in [1.54, 1.807) is 12.1 Å². The van der Waals surface area contributed by atoms with Gasteiger partial charge in [-0.25, -0.2) is 0 Å². The van der Waals surface area contributed by atoms with Crippen LogP contribution in [-0.4, -0.2) is 44.0 Å². The molecule has 0 unspecified atom stereocenters. The predicted molar refractivity (Wildman–Crippen MR) is 116 cm³/mol. The Bertz CT molecular complexity index is 879. The molecule has 0 atom stereocenters. The average Bonchev–Trinajstić information content (AvgIpc) is 2.71. The van der Waals surface area contributed by atoms with E-state index in [-0.39, 0.29) is 5.57 Å². The molecule has 1 aliphatic rings. The SMILES string of the molecule is CN1CCN(c2ccc(N/C=C(/C#N)C(=O)Nc3ccc(Br)cc3)cc2)CC1. The molecule has 2 N–H and O–H groups in total. The van der Waals surface area contributed by atoms with E-state index >= 15 is 0 Å². The first kappa shape index (κ1) is 19.9. The van der Waals surface area contributed by atoms with Crippen LogP contribution in [0.3, 0.4) is 0 Å². The molecule has 3 rings (SSSR count). The number of carbonyl (C=O) groups excluding carboxylic acids is 1. The van der Waals surface area contributed by atoms with Crippen molar-refractivity contribution in [3.05, 3.63) is 64.8 Å². The van der Waals surface area contributed by atoms with Crippen LogP contribution in [0.1, 0.15) is 0 Å². The lowest BCUT2D eigenvalue weighted by Crippen LogP contribution is -2.44. The van der Waals surface area contributed by atoms with Crippen molar-refractivity contribution in [2.45, 2.75) is 0 Å². The van der Waals surface area contributed by atoms with E-state index in [4.69, 9.17) is 0 Å². The maximum Gasteiger partial charge on any atom is 0.267 e. The third-order valence-corrected chi connectivity index (χ3v) is 5.11. The molecule has 0 bridgehead atoms. The van der Waals surface area contributed by atoms with Gasteiger partial charge in [0.25, 0.3) is 5.91 Å². The number of amides is 1. The van der Waals surface area contributed by atoms with Gasteiger partial charge in [-0.3, -0.25) is 4.79 Å². The molecule has 2 aromatic carbocycles. The van der Waals surface area contributed by atoms with Crippen molar-refractivity contribution in [3.63, 3.8) is 0 Å². The molecule has 6 nitrogen and oxygen atoms in total. The van der Waals surface area contributed by atoms with E-state index in [2.05, 4.69) is 55.5 Å². The molecule has 1 saturated heterocycles. The summed E-state index contributed by atoms with van der Waals surface area (Å²) in [5, 5.41) is 15.0. The lowest BCUT2D eigenvalue weighted by Gasteiger charge is -2.34. The number of piperazine rings is 1. The number of hydrogen-bond acceptors (Lipinski definition) is 5. The molecule has 1 heterocycles. The van der Waals surface area contributed by atoms with E-state index in [1.807, 2.05) is 30.3 Å². The van der Waals surface area contributed by atoms with Gasteiger partial charge in [0.15, 0.2) is 0 Å². The first-order valence-electron chi connectivity index (χ1n) is 9.02. The van der Waals surface area contributed by atoms with Crippen LogP contribution in [0.25, 0.3) is 0 Å². The Labute approximate surface area is 173 Å². The molecular weight excluding hydrogens is 418 g/mol. The molecule has 1 aliphatic heterocycles. The van der Waals surface area contributed by atoms with Gasteiger partial charge in [-0.15, -0.1) is 0 Å². The average molecular weight is 440 g/mol. The molecular formula is C21H22BrN5O. The normalized spacial score (nSPS) is 15.0. The molecule has 7 heteroatoms. The minimum absolute atomic E-state index is 0.00561. The number of benzene rings is 2. The number of rotatable bonds is 5. The predicted octanol–water partition coefficient (Wildman–Crippen LogP) is 3.66. The zero-order valence-corrected chi connectivity index (χ0v) is 17.2. The molecule has 1 amide bonds. The summed E-state index contributed by atoms with van der Waals surface area (Å²) in [6, 6.07) is 17.1. The van der Waals surface area contributed by atoms with E-state index in [0.717, 1.165) is 36.3 Å². The van der Waals surface area contributed by atoms with Gasteiger partial charge in [0.2, 0.25) is 0 Å². The number of likely N-dealkylation sites (N-methyl/N-ethyl adjacent to an activating group) is 1. The number of nitrogens with one attached hydrogen (secondary N) is 2. The number of anilines is 3. The van der Waals surface area contributed by atoms with Crippen LogP contribution < -0.4 is 15.5 Å². The molecule has 1 fully saturated rings. The van der Waals surface area contributed by atoms with Crippen LogP contribution in [0.5, 0.6) is 0 Å². The Morgan fingerprint density at radius 2 is 1.64 bits per heavy atom. The van der Waals surface area contributed by atoms with E-state index in [9.17, 15) is 10.1 Å². The second kappa shape index (κ2) is 9.40. The first-order valence-corrected chi connectivity index (χ1v) is 9.82. The van der Waals surface area contributed by atoms with Gasteiger partial charge in [-0.05, 0) is 55.6 Å². The summed E-state index contributed by atoms with van der Waals surface area (Å²) in [6.07, 6.45) is 1.43. The third-order valence-electron chi connectivity index (χ3n) is 4.59. The summed E-state index contributed by atoms with van der Waals surface area (Å²) in [4.78, 5) is 16.9. The van der Waals surface area contributed by atoms with Gasteiger partial charge in [0.05, 0.1) is 0 Å². The van der Waals surface area contributed by atoms with Gasteiger partial charge >= 0.3 is 0 Å². The number of halogens is 1. The van der Waals surface area contributed by atoms with Crippen LogP contribution in [0.15, 0.2) is 64.8 Å². The minimum Gasteiger partial charge on any atom is -0.369 e. The Morgan fingerprint density at radius 1 is 1.04 bits per heavy atom. The Morgan fingerprint density at radius 3 is 2.25 bits per heavy atom. The number of carbonyl (C=O) groups is 1. The van der Waals surface area contributed by atoms with Gasteiger partial charge < -0.3 is 20.4 Å². The molecule has 28 heavy (non-hydrogen) atoms. The van der Waals surface area contributed by atoms with Gasteiger partial charge in [-0.2, -0.15) is 5.26 Å². The molecule has 0 aliphatic carbocycles. The zero-order chi connectivity index (χ0) is 19.9. The lowest BCUT2D eigenvalue weighted by molar-refractivity contribution is -0.112. The highest BCUT2D eigenvalue weighted by Gasteiger charge is 2.14. The monoisotopic (exact) mass is 439 g/mol. The van der Waals surface area contributed by atoms with E-state index in [0.29, 0.717) is 5.69 Å². The Kier molecular flexibility index (Phi) is 6.69. The Balaban J connectivity index is 1.60. The summed E-state index contributed by atoms with van der Waals surface area (Å²) in [6.45, 7) is 4.14.